The average Bonchev–Trinajstić information content (AvgIpc) is 2.42. The van der Waals surface area contributed by atoms with Crippen LogP contribution in [0, 0.1) is 0 Å². The number of ether oxygens (including phenoxy) is 1. The Labute approximate surface area is 119 Å². The van der Waals surface area contributed by atoms with Crippen molar-refractivity contribution >= 4 is 11.6 Å². The molecule has 0 radical (unpaired) electrons. The molecule has 1 aromatic heterocycles. The molecule has 0 fully saturated rings. The minimum Gasteiger partial charge on any atom is -0.388 e. The summed E-state index contributed by atoms with van der Waals surface area (Å²) in [5.74, 6) is 6.95. The van der Waals surface area contributed by atoms with E-state index in [1.165, 1.54) is 6.33 Å². The second kappa shape index (κ2) is 7.37. The fraction of sp³-hybridized carbons (Fsp3) is 0.692. The van der Waals surface area contributed by atoms with E-state index in [1.807, 2.05) is 13.8 Å². The molecule has 0 saturated heterocycles. The van der Waals surface area contributed by atoms with Crippen molar-refractivity contribution in [1.29, 1.82) is 0 Å². The Balaban J connectivity index is 2.82. The maximum Gasteiger partial charge on any atom is 0.148 e. The molecule has 0 aliphatic rings. The smallest absolute Gasteiger partial charge is 0.148 e. The monoisotopic (exact) mass is 283 g/mol. The maximum atomic E-state index is 10.2. The van der Waals surface area contributed by atoms with Gasteiger partial charge in [0.05, 0.1) is 5.60 Å². The van der Waals surface area contributed by atoms with Crippen LogP contribution in [0.4, 0.5) is 11.6 Å². The van der Waals surface area contributed by atoms with Gasteiger partial charge in [-0.3, -0.25) is 0 Å². The Morgan fingerprint density at radius 3 is 2.60 bits per heavy atom. The summed E-state index contributed by atoms with van der Waals surface area (Å²) in [6, 6.07) is 0. The Morgan fingerprint density at radius 2 is 2.05 bits per heavy atom. The molecule has 0 aliphatic carbocycles. The number of nitrogens with zero attached hydrogens (tertiary/aromatic N) is 2. The number of nitrogen functional groups attached to an aromatic ring is 1. The van der Waals surface area contributed by atoms with E-state index < -0.39 is 5.60 Å². The third-order valence-corrected chi connectivity index (χ3v) is 3.08. The van der Waals surface area contributed by atoms with Crippen molar-refractivity contribution in [2.24, 2.45) is 5.84 Å². The van der Waals surface area contributed by atoms with Gasteiger partial charge >= 0.3 is 0 Å². The molecular weight excluding hydrogens is 258 g/mol. The van der Waals surface area contributed by atoms with Crippen LogP contribution in [0.25, 0.3) is 0 Å². The molecule has 114 valence electrons. The van der Waals surface area contributed by atoms with Gasteiger partial charge in [-0.15, -0.1) is 0 Å². The molecular formula is C13H25N5O2. The van der Waals surface area contributed by atoms with E-state index in [0.717, 1.165) is 5.56 Å². The van der Waals surface area contributed by atoms with Gasteiger partial charge in [-0.1, -0.05) is 13.8 Å². The Morgan fingerprint density at radius 1 is 1.40 bits per heavy atom. The van der Waals surface area contributed by atoms with Gasteiger partial charge in [0.25, 0.3) is 0 Å². The zero-order chi connectivity index (χ0) is 15.2. The number of aromatic nitrogens is 2. The molecule has 0 amide bonds. The summed E-state index contributed by atoms with van der Waals surface area (Å²) in [7, 11) is 1.62. The summed E-state index contributed by atoms with van der Waals surface area (Å²) < 4.78 is 4.99. The average molecular weight is 283 g/mol. The van der Waals surface area contributed by atoms with Crippen LogP contribution in [-0.2, 0) is 4.74 Å². The molecule has 0 saturated carbocycles. The van der Waals surface area contributed by atoms with Crippen molar-refractivity contribution in [2.75, 3.05) is 31.0 Å². The van der Waals surface area contributed by atoms with Crippen molar-refractivity contribution in [3.8, 4) is 0 Å². The van der Waals surface area contributed by atoms with Gasteiger partial charge in [0.15, 0.2) is 0 Å². The first-order valence-corrected chi connectivity index (χ1v) is 6.68. The highest BCUT2D eigenvalue weighted by molar-refractivity contribution is 5.58. The highest BCUT2D eigenvalue weighted by Crippen LogP contribution is 2.28. The van der Waals surface area contributed by atoms with Crippen LogP contribution in [0.3, 0.4) is 0 Å². The number of aliphatic hydroxyl groups is 1. The molecule has 0 aromatic carbocycles. The molecule has 1 atom stereocenters. The second-order valence-electron chi connectivity index (χ2n) is 5.38. The molecule has 20 heavy (non-hydrogen) atoms. The highest BCUT2D eigenvalue weighted by atomic mass is 16.5. The molecule has 0 aliphatic heterocycles. The fourth-order valence-corrected chi connectivity index (χ4v) is 1.88. The van der Waals surface area contributed by atoms with Gasteiger partial charge in [-0.2, -0.15) is 0 Å². The van der Waals surface area contributed by atoms with Gasteiger partial charge in [0.2, 0.25) is 0 Å². The zero-order valence-electron chi connectivity index (χ0n) is 12.6. The van der Waals surface area contributed by atoms with Crippen LogP contribution in [0.2, 0.25) is 0 Å². The lowest BCUT2D eigenvalue weighted by atomic mass is 10.0. The Bertz CT molecular complexity index is 423. The number of hydrogen-bond donors (Lipinski definition) is 4. The lowest BCUT2D eigenvalue weighted by molar-refractivity contribution is 0.0357. The minimum atomic E-state index is -0.870. The van der Waals surface area contributed by atoms with Gasteiger partial charge in [-0.05, 0) is 12.8 Å². The SMILES string of the molecule is COCCC(C)(O)CNc1ncnc(NN)c1C(C)C. The number of rotatable bonds is 8. The number of methoxy groups -OCH3 is 1. The van der Waals surface area contributed by atoms with E-state index in [2.05, 4.69) is 20.7 Å². The van der Waals surface area contributed by atoms with E-state index in [0.29, 0.717) is 31.2 Å². The van der Waals surface area contributed by atoms with Crippen LogP contribution in [0.5, 0.6) is 0 Å². The van der Waals surface area contributed by atoms with Crippen molar-refractivity contribution in [2.45, 2.75) is 38.7 Å². The first-order chi connectivity index (χ1) is 9.41. The van der Waals surface area contributed by atoms with Crippen LogP contribution in [-0.4, -0.2) is 40.9 Å². The van der Waals surface area contributed by atoms with Gasteiger partial charge in [0.1, 0.15) is 18.0 Å². The topological polar surface area (TPSA) is 105 Å². The molecule has 1 aromatic rings. The molecule has 0 bridgehead atoms. The van der Waals surface area contributed by atoms with E-state index in [4.69, 9.17) is 10.6 Å². The van der Waals surface area contributed by atoms with Crippen molar-refractivity contribution in [3.63, 3.8) is 0 Å². The summed E-state index contributed by atoms with van der Waals surface area (Å²) in [5, 5.41) is 13.4. The minimum absolute atomic E-state index is 0.202. The quantitative estimate of drug-likeness (QED) is 0.418. The largest absolute Gasteiger partial charge is 0.388 e. The molecule has 1 unspecified atom stereocenters. The Hall–Kier alpha value is -1.44. The lowest BCUT2D eigenvalue weighted by Crippen LogP contribution is -2.35. The predicted molar refractivity (Wildman–Crippen MR) is 79.5 cm³/mol. The standard InChI is InChI=1S/C13H25N5O2/c1-9(2)10-11(16-8-17-12(10)18-14)15-7-13(3,19)5-6-20-4/h8-9,19H,5-7,14H2,1-4H3,(H2,15,16,17,18). The van der Waals surface area contributed by atoms with E-state index in [-0.39, 0.29) is 5.92 Å². The number of nitrogens with two attached hydrogens (primary N) is 1. The molecule has 7 nitrogen and oxygen atoms in total. The lowest BCUT2D eigenvalue weighted by Gasteiger charge is -2.25. The first kappa shape index (κ1) is 16.6. The van der Waals surface area contributed by atoms with Crippen molar-refractivity contribution < 1.29 is 9.84 Å². The summed E-state index contributed by atoms with van der Waals surface area (Å²) >= 11 is 0. The van der Waals surface area contributed by atoms with Crippen molar-refractivity contribution in [1.82, 2.24) is 9.97 Å². The number of hydrogen-bond acceptors (Lipinski definition) is 7. The normalized spacial score (nSPS) is 14.2. The highest BCUT2D eigenvalue weighted by Gasteiger charge is 2.22. The molecule has 1 heterocycles. The van der Waals surface area contributed by atoms with Crippen LogP contribution >= 0.6 is 0 Å². The van der Waals surface area contributed by atoms with Gasteiger partial charge in [-0.25, -0.2) is 15.8 Å². The second-order valence-corrected chi connectivity index (χ2v) is 5.38. The summed E-state index contributed by atoms with van der Waals surface area (Å²) in [6.07, 6.45) is 1.98. The van der Waals surface area contributed by atoms with E-state index in [1.54, 1.807) is 14.0 Å². The van der Waals surface area contributed by atoms with Crippen LogP contribution < -0.4 is 16.6 Å². The maximum absolute atomic E-state index is 10.2. The molecule has 0 spiro atoms. The van der Waals surface area contributed by atoms with Gasteiger partial charge in [0, 0.05) is 32.2 Å². The Kier molecular flexibility index (Phi) is 6.12. The summed E-state index contributed by atoms with van der Waals surface area (Å²) in [5.41, 5.74) is 2.61. The summed E-state index contributed by atoms with van der Waals surface area (Å²) in [4.78, 5) is 8.34. The van der Waals surface area contributed by atoms with Crippen molar-refractivity contribution in [3.05, 3.63) is 11.9 Å². The van der Waals surface area contributed by atoms with E-state index >= 15 is 0 Å². The first-order valence-electron chi connectivity index (χ1n) is 6.68. The fourth-order valence-electron chi connectivity index (χ4n) is 1.88. The molecule has 5 N–H and O–H groups in total. The number of hydrazine groups is 1. The summed E-state index contributed by atoms with van der Waals surface area (Å²) in [6.45, 7) is 6.71. The van der Waals surface area contributed by atoms with E-state index in [9.17, 15) is 5.11 Å². The number of nitrogens with one attached hydrogen (secondary N) is 2. The third kappa shape index (κ3) is 4.59. The van der Waals surface area contributed by atoms with Crippen LogP contribution in [0.1, 0.15) is 38.7 Å². The molecule has 7 heteroatoms. The van der Waals surface area contributed by atoms with Crippen LogP contribution in [0.15, 0.2) is 6.33 Å². The molecule has 1 rings (SSSR count). The van der Waals surface area contributed by atoms with Gasteiger partial charge < -0.3 is 20.6 Å². The predicted octanol–water partition coefficient (Wildman–Crippen LogP) is 1.08. The third-order valence-electron chi connectivity index (χ3n) is 3.08. The number of anilines is 2. The zero-order valence-corrected chi connectivity index (χ0v) is 12.6.